The fourth-order valence-corrected chi connectivity index (χ4v) is 11.4. The van der Waals surface area contributed by atoms with E-state index in [0.29, 0.717) is 69.1 Å². The number of hydrogen-bond acceptors (Lipinski definition) is 16. The molecule has 0 unspecified atom stereocenters. The molecule has 0 atom stereocenters. The van der Waals surface area contributed by atoms with E-state index < -0.39 is 11.6 Å². The van der Waals surface area contributed by atoms with Crippen LogP contribution in [-0.2, 0) is 83.9 Å². The van der Waals surface area contributed by atoms with E-state index in [9.17, 15) is 24.1 Å². The molecule has 1 aliphatic rings. The predicted octanol–water partition coefficient (Wildman–Crippen LogP) is 20.0. The molecule has 15 nitrogen and oxygen atoms in total. The number of methoxy groups -OCH3 is 1. The SMILES string of the molecule is COc1oc(-c2ccccc2O)nc1-c1ccccc1.Cc1nc(-c2cc(F)cc(F)c2[O][AlH])oc1C.Oc1ccccc1-c1nc(-c2ccccc2)c(-c2ccccc2)o1.Oc1ccccc1-c1nc2c(o1)CCCC2.[S-]c1ccccc1-c1nc(-c2ccccc2)c(-c2ccccc2)o1.[Zn].[Zn].[Zn]. The molecule has 22 heteroatoms. The molecule has 0 aliphatic heterocycles. The van der Waals surface area contributed by atoms with Gasteiger partial charge in [-0.1, -0.05) is 212 Å². The van der Waals surface area contributed by atoms with E-state index >= 15 is 0 Å². The predicted molar refractivity (Wildman–Crippen MR) is 388 cm³/mol. The Morgan fingerprint density at radius 1 is 0.404 bits per heavy atom. The van der Waals surface area contributed by atoms with Crippen LogP contribution >= 0.6 is 0 Å². The van der Waals surface area contributed by atoms with Crippen molar-refractivity contribution < 1.29 is 113 Å². The van der Waals surface area contributed by atoms with E-state index in [2.05, 4.69) is 19.9 Å². The molecule has 104 heavy (non-hydrogen) atoms. The van der Waals surface area contributed by atoms with Gasteiger partial charge < -0.3 is 58.6 Å². The molecule has 3 N–H and O–H groups in total. The molecule has 0 fully saturated rings. The Morgan fingerprint density at radius 3 is 1.20 bits per heavy atom. The van der Waals surface area contributed by atoms with Crippen molar-refractivity contribution in [3.63, 3.8) is 0 Å². The maximum atomic E-state index is 13.5. The molecule has 5 heterocycles. The maximum absolute atomic E-state index is 13.5. The largest absolute Gasteiger partial charge is 0.779 e. The number of nitrogens with zero attached hydrogens (tertiary/aromatic N) is 5. The minimum Gasteiger partial charge on any atom is -0.779 e. The standard InChI is InChI=1S/C21H15NO2.C21H15NOS.C16H13NO3.C13H13NO2.C11H9F2NO2.Al.3Zn.H/c23-18-14-8-7-13-17(18)21-22-19(15-9-3-1-4-10-15)20(24-21)16-11-5-2-6-12-16;24-18-14-8-7-13-17(18)21-22-19(15-9-3-1-4-10-15)20(23-21)16-11-5-2-6-12-16;1-19-16-14(11-7-3-2-4-8-11)17-15(20-16)12-9-5-6-10-13(12)18;15-11-7-3-1-5-9(11)13-14-10-6-2-4-8-12(10)16-13;1-5-6(2)16-11(14-5)8-3-7(12)4-9(13)10(8)15;;;;;/h1-14,23H;1-14,24H;2-10,18H,1H3;1,3,5,7,15H,2,4,6,8H2;3-4,15H,1-2H3;;;;;/q;;;;;+1;;;;/p-2. The van der Waals surface area contributed by atoms with E-state index in [1.54, 1.807) is 62.4 Å². The third-order valence-electron chi connectivity index (χ3n) is 16.0. The first-order chi connectivity index (χ1) is 49.3. The first-order valence-electron chi connectivity index (χ1n) is 32.1. The number of fused-ring (bicyclic) bond motifs is 1. The van der Waals surface area contributed by atoms with Crippen LogP contribution in [0.25, 0.3) is 114 Å². The fourth-order valence-electron chi connectivity index (χ4n) is 10.9. The van der Waals surface area contributed by atoms with Gasteiger partial charge in [-0.25, -0.2) is 33.7 Å². The Labute approximate surface area is 651 Å². The number of phenolic OH excluding ortho intramolecular Hbond substituents is 3. The molecule has 5 aromatic heterocycles. The van der Waals surface area contributed by atoms with Crippen LogP contribution in [-0.4, -0.2) is 64.0 Å². The number of hydrogen-bond donors (Lipinski definition) is 3. The second kappa shape index (κ2) is 37.3. The zero-order valence-electron chi connectivity index (χ0n) is 57.1. The molecular weight excluding hydrogens is 1510 g/mol. The Balaban J connectivity index is 0.000000151. The summed E-state index contributed by atoms with van der Waals surface area (Å²) in [5.74, 6) is 4.33. The number of phenols is 3. The van der Waals surface area contributed by atoms with Gasteiger partial charge in [0.1, 0.15) is 51.7 Å². The van der Waals surface area contributed by atoms with E-state index in [0.717, 1.165) is 108 Å². The topological polar surface area (TPSA) is 209 Å². The van der Waals surface area contributed by atoms with Gasteiger partial charge in [-0.15, -0.1) is 0 Å². The summed E-state index contributed by atoms with van der Waals surface area (Å²) in [6, 6.07) is 80.2. The molecule has 1 aliphatic carbocycles. The molecule has 507 valence electrons. The van der Waals surface area contributed by atoms with Gasteiger partial charge in [0.25, 0.3) is 0 Å². The second-order valence-electron chi connectivity index (χ2n) is 22.8. The van der Waals surface area contributed by atoms with Gasteiger partial charge in [0.05, 0.1) is 40.8 Å². The second-order valence-corrected chi connectivity index (χ2v) is 23.5. The summed E-state index contributed by atoms with van der Waals surface area (Å²) in [5, 5.41) is 29.7. The molecule has 0 saturated carbocycles. The van der Waals surface area contributed by atoms with Crippen LogP contribution in [0, 0.1) is 25.5 Å². The van der Waals surface area contributed by atoms with Crippen LogP contribution in [0.15, 0.2) is 288 Å². The van der Waals surface area contributed by atoms with Crippen molar-refractivity contribution in [1.82, 2.24) is 24.9 Å². The molecule has 0 bridgehead atoms. The number of oxazole rings is 5. The Kier molecular flexibility index (Phi) is 27.9. The first kappa shape index (κ1) is 77.9. The molecule has 0 saturated heterocycles. The van der Waals surface area contributed by atoms with Crippen molar-refractivity contribution in [3.05, 3.63) is 295 Å². The van der Waals surface area contributed by atoms with E-state index in [4.69, 9.17) is 48.2 Å². The number of halogens is 2. The van der Waals surface area contributed by atoms with Crippen molar-refractivity contribution in [3.8, 4) is 143 Å². The third-order valence-corrected chi connectivity index (χ3v) is 16.7. The van der Waals surface area contributed by atoms with Gasteiger partial charge >= 0.3 is 22.6 Å². The van der Waals surface area contributed by atoms with Gasteiger partial charge in [-0.2, -0.15) is 4.90 Å². The van der Waals surface area contributed by atoms with Crippen molar-refractivity contribution in [2.24, 2.45) is 0 Å². The van der Waals surface area contributed by atoms with Gasteiger partial charge in [-0.3, -0.25) is 0 Å². The molecule has 0 spiro atoms. The Hall–Kier alpha value is -10.3. The van der Waals surface area contributed by atoms with Crippen LogP contribution in [0.4, 0.5) is 8.78 Å². The van der Waals surface area contributed by atoms with Gasteiger partial charge in [0, 0.05) is 104 Å². The number of aromatic hydroxyl groups is 3. The molecule has 16 rings (SSSR count). The average molecular weight is 1570 g/mol. The zero-order valence-corrected chi connectivity index (χ0v) is 68.2. The van der Waals surface area contributed by atoms with Crippen molar-refractivity contribution in [2.75, 3.05) is 7.11 Å². The molecular formula is C82H64AlF2N5O10SZn3-. The van der Waals surface area contributed by atoms with E-state index in [1.165, 1.54) is 20.0 Å². The number of ether oxygens (including phenoxy) is 1. The normalized spacial score (nSPS) is 10.9. The number of para-hydroxylation sites is 3. The minimum absolute atomic E-state index is 0. The summed E-state index contributed by atoms with van der Waals surface area (Å²) < 4.78 is 65.6. The van der Waals surface area contributed by atoms with Gasteiger partial charge in [0.2, 0.25) is 29.5 Å². The summed E-state index contributed by atoms with van der Waals surface area (Å²) in [4.78, 5) is 23.1. The number of benzene rings is 10. The summed E-state index contributed by atoms with van der Waals surface area (Å²) in [6.07, 6.45) is 4.31. The number of aromatic nitrogens is 5. The van der Waals surface area contributed by atoms with Gasteiger partial charge in [-0.05, 0) is 75.6 Å². The van der Waals surface area contributed by atoms with Crippen LogP contribution in [0.2, 0.25) is 0 Å². The summed E-state index contributed by atoms with van der Waals surface area (Å²) in [5.41, 5.74) is 11.6. The minimum atomic E-state index is -0.775. The smallest absolute Gasteiger partial charge is 0.494 e. The summed E-state index contributed by atoms with van der Waals surface area (Å²) in [6.45, 7) is 3.49. The first-order valence-corrected chi connectivity index (χ1v) is 33.1. The molecule has 15 aromatic rings. The number of rotatable bonds is 12. The van der Waals surface area contributed by atoms with E-state index in [1.807, 2.05) is 200 Å². The fraction of sp³-hybridized carbons (Fsp3) is 0.0854. The van der Waals surface area contributed by atoms with Crippen molar-refractivity contribution >= 4 is 29.3 Å². The molecule has 10 aromatic carbocycles. The summed E-state index contributed by atoms with van der Waals surface area (Å²) >= 11 is 6.53. The Morgan fingerprint density at radius 2 is 0.779 bits per heavy atom. The van der Waals surface area contributed by atoms with Crippen LogP contribution in [0.5, 0.6) is 28.9 Å². The zero-order chi connectivity index (χ0) is 70.2. The van der Waals surface area contributed by atoms with Crippen LogP contribution in [0.1, 0.15) is 35.7 Å². The monoisotopic (exact) mass is 1570 g/mol. The third kappa shape index (κ3) is 18.7. The maximum Gasteiger partial charge on any atom is 0.494 e. The molecule has 0 amide bonds. The Bertz CT molecular complexity index is 4920. The number of aryl methyl sites for hydroxylation is 4. The van der Waals surface area contributed by atoms with Gasteiger partial charge in [0.15, 0.2) is 23.0 Å². The average Bonchev–Trinajstić information content (AvgIpc) is 1.63. The van der Waals surface area contributed by atoms with Crippen molar-refractivity contribution in [2.45, 2.75) is 44.4 Å². The quantitative estimate of drug-likeness (QED) is 0.0767. The van der Waals surface area contributed by atoms with Crippen LogP contribution in [0.3, 0.4) is 0 Å². The molecule has 1 radical (unpaired) electrons. The van der Waals surface area contributed by atoms with Crippen LogP contribution < -0.4 is 8.53 Å². The van der Waals surface area contributed by atoms with Crippen molar-refractivity contribution in [1.29, 1.82) is 0 Å². The summed E-state index contributed by atoms with van der Waals surface area (Å²) in [7, 11) is 1.53. The van der Waals surface area contributed by atoms with E-state index in [-0.39, 0.29) is 92.9 Å².